The lowest BCUT2D eigenvalue weighted by Gasteiger charge is -2.38. The highest BCUT2D eigenvalue weighted by Crippen LogP contribution is 2.27. The summed E-state index contributed by atoms with van der Waals surface area (Å²) in [6.45, 7) is 9.84. The molecular formula is C21H34Cl2N4O2. The number of piperazine rings is 1. The largest absolute Gasteiger partial charge is 0.339 e. The maximum absolute atomic E-state index is 12.9. The molecule has 1 atom stereocenters. The van der Waals surface area contributed by atoms with Crippen molar-refractivity contribution < 1.29 is 9.59 Å². The maximum atomic E-state index is 12.9. The van der Waals surface area contributed by atoms with Crippen molar-refractivity contribution in [3.63, 3.8) is 0 Å². The van der Waals surface area contributed by atoms with Gasteiger partial charge in [-0.3, -0.25) is 14.5 Å². The average molecular weight is 445 g/mol. The molecule has 1 aromatic carbocycles. The molecule has 0 aromatic heterocycles. The molecule has 6 nitrogen and oxygen atoms in total. The number of hydrogen-bond acceptors (Lipinski definition) is 4. The Kier molecular flexibility index (Phi) is 9.41. The summed E-state index contributed by atoms with van der Waals surface area (Å²) in [6, 6.07) is 7.68. The van der Waals surface area contributed by atoms with Gasteiger partial charge in [-0.25, -0.2) is 0 Å². The first kappa shape index (κ1) is 25.7. The zero-order valence-electron chi connectivity index (χ0n) is 17.6. The van der Waals surface area contributed by atoms with E-state index in [-0.39, 0.29) is 42.0 Å². The number of amides is 2. The Bertz CT molecular complexity index is 700. The Morgan fingerprint density at radius 3 is 2.28 bits per heavy atom. The van der Waals surface area contributed by atoms with Crippen molar-refractivity contribution in [2.75, 3.05) is 44.2 Å². The SMILES string of the molecule is CC(C)(C)[C@H](N)C(=O)N1CCN(CC(=O)N2CCCc3ccccc32)CC1.Cl.Cl. The van der Waals surface area contributed by atoms with E-state index in [0.29, 0.717) is 32.7 Å². The van der Waals surface area contributed by atoms with Crippen LogP contribution in [0.25, 0.3) is 0 Å². The van der Waals surface area contributed by atoms with Gasteiger partial charge >= 0.3 is 0 Å². The monoisotopic (exact) mass is 444 g/mol. The zero-order valence-corrected chi connectivity index (χ0v) is 19.2. The number of carbonyl (C=O) groups excluding carboxylic acids is 2. The lowest BCUT2D eigenvalue weighted by molar-refractivity contribution is -0.136. The molecule has 1 aromatic rings. The molecule has 2 N–H and O–H groups in total. The molecule has 0 aliphatic carbocycles. The number of rotatable bonds is 3. The minimum atomic E-state index is -0.490. The summed E-state index contributed by atoms with van der Waals surface area (Å²) in [5.41, 5.74) is 8.18. The minimum absolute atomic E-state index is 0. The molecule has 2 heterocycles. The van der Waals surface area contributed by atoms with Crippen LogP contribution in [0.1, 0.15) is 32.8 Å². The zero-order chi connectivity index (χ0) is 19.6. The first-order valence-electron chi connectivity index (χ1n) is 9.92. The highest BCUT2D eigenvalue weighted by molar-refractivity contribution is 5.96. The molecule has 0 spiro atoms. The van der Waals surface area contributed by atoms with Crippen molar-refractivity contribution in [1.29, 1.82) is 0 Å². The van der Waals surface area contributed by atoms with Gasteiger partial charge in [0.25, 0.3) is 0 Å². The second kappa shape index (κ2) is 10.6. The Hall–Kier alpha value is -1.34. The summed E-state index contributed by atoms with van der Waals surface area (Å²) in [4.78, 5) is 31.3. The van der Waals surface area contributed by atoms with Gasteiger partial charge in [0.1, 0.15) is 0 Å². The third-order valence-electron chi connectivity index (χ3n) is 5.65. The average Bonchev–Trinajstić information content (AvgIpc) is 2.66. The molecule has 0 radical (unpaired) electrons. The molecule has 1 fully saturated rings. The van der Waals surface area contributed by atoms with Crippen LogP contribution in [0.4, 0.5) is 5.69 Å². The first-order valence-corrected chi connectivity index (χ1v) is 9.92. The topological polar surface area (TPSA) is 69.9 Å². The summed E-state index contributed by atoms with van der Waals surface area (Å²) in [5, 5.41) is 0. The molecule has 0 saturated carbocycles. The number of fused-ring (bicyclic) bond motifs is 1. The molecule has 2 aliphatic rings. The van der Waals surface area contributed by atoms with E-state index in [4.69, 9.17) is 5.73 Å². The third kappa shape index (κ3) is 6.07. The fourth-order valence-electron chi connectivity index (χ4n) is 3.76. The molecule has 0 bridgehead atoms. The van der Waals surface area contributed by atoms with E-state index >= 15 is 0 Å². The van der Waals surface area contributed by atoms with E-state index in [1.165, 1.54) is 5.56 Å². The summed E-state index contributed by atoms with van der Waals surface area (Å²) in [7, 11) is 0. The van der Waals surface area contributed by atoms with Gasteiger partial charge in [0, 0.05) is 38.4 Å². The van der Waals surface area contributed by atoms with Crippen LogP contribution in [0.2, 0.25) is 0 Å². The first-order chi connectivity index (χ1) is 12.8. The number of para-hydroxylation sites is 1. The third-order valence-corrected chi connectivity index (χ3v) is 5.65. The number of halogens is 2. The van der Waals surface area contributed by atoms with E-state index in [0.717, 1.165) is 25.1 Å². The summed E-state index contributed by atoms with van der Waals surface area (Å²) < 4.78 is 0. The van der Waals surface area contributed by atoms with E-state index in [1.54, 1.807) is 0 Å². The Morgan fingerprint density at radius 2 is 1.66 bits per heavy atom. The second-order valence-corrected chi connectivity index (χ2v) is 8.72. The molecule has 3 rings (SSSR count). The fraction of sp³-hybridized carbons (Fsp3) is 0.619. The van der Waals surface area contributed by atoms with E-state index in [2.05, 4.69) is 11.0 Å². The minimum Gasteiger partial charge on any atom is -0.339 e. The van der Waals surface area contributed by atoms with Crippen LogP contribution in [0.15, 0.2) is 24.3 Å². The van der Waals surface area contributed by atoms with Crippen molar-refractivity contribution in [3.05, 3.63) is 29.8 Å². The Labute approximate surface area is 186 Å². The van der Waals surface area contributed by atoms with Gasteiger partial charge < -0.3 is 15.5 Å². The predicted molar refractivity (Wildman–Crippen MR) is 122 cm³/mol. The molecule has 2 amide bonds. The lowest BCUT2D eigenvalue weighted by atomic mass is 9.86. The molecule has 29 heavy (non-hydrogen) atoms. The number of carbonyl (C=O) groups is 2. The summed E-state index contributed by atoms with van der Waals surface area (Å²) in [6.07, 6.45) is 2.05. The Balaban J connectivity index is 0.00000210. The van der Waals surface area contributed by atoms with Crippen LogP contribution in [-0.4, -0.2) is 66.9 Å². The second-order valence-electron chi connectivity index (χ2n) is 8.72. The number of aryl methyl sites for hydroxylation is 1. The van der Waals surface area contributed by atoms with Crippen molar-refractivity contribution >= 4 is 42.3 Å². The number of hydrogen-bond donors (Lipinski definition) is 1. The van der Waals surface area contributed by atoms with Crippen LogP contribution in [0, 0.1) is 5.41 Å². The molecule has 0 unspecified atom stereocenters. The molecule has 2 aliphatic heterocycles. The van der Waals surface area contributed by atoms with Gasteiger partial charge in [-0.05, 0) is 29.9 Å². The number of anilines is 1. The number of nitrogens with zero attached hydrogens (tertiary/aromatic N) is 3. The van der Waals surface area contributed by atoms with Crippen molar-refractivity contribution in [3.8, 4) is 0 Å². The van der Waals surface area contributed by atoms with Crippen LogP contribution >= 0.6 is 24.8 Å². The molecular weight excluding hydrogens is 411 g/mol. The van der Waals surface area contributed by atoms with Crippen LogP contribution in [0.3, 0.4) is 0 Å². The van der Waals surface area contributed by atoms with Gasteiger partial charge in [-0.1, -0.05) is 39.0 Å². The standard InChI is InChI=1S/C21H32N4O2.2ClH/c1-21(2,3)19(22)20(27)24-13-11-23(12-14-24)15-18(26)25-10-6-8-16-7-4-5-9-17(16)25;;/h4-5,7,9,19H,6,8,10-15,22H2,1-3H3;2*1H/t19-;;/m1../s1. The normalized spacial score (nSPS) is 18.2. The van der Waals surface area contributed by atoms with Crippen LogP contribution in [0.5, 0.6) is 0 Å². The molecule has 164 valence electrons. The van der Waals surface area contributed by atoms with Crippen LogP contribution < -0.4 is 10.6 Å². The van der Waals surface area contributed by atoms with E-state index < -0.39 is 6.04 Å². The highest BCUT2D eigenvalue weighted by Gasteiger charge is 2.33. The summed E-state index contributed by atoms with van der Waals surface area (Å²) >= 11 is 0. The Morgan fingerprint density at radius 1 is 1.03 bits per heavy atom. The van der Waals surface area contributed by atoms with Gasteiger partial charge in [0.15, 0.2) is 0 Å². The number of benzene rings is 1. The lowest BCUT2D eigenvalue weighted by Crippen LogP contribution is -2.57. The fourth-order valence-corrected chi connectivity index (χ4v) is 3.76. The van der Waals surface area contributed by atoms with Crippen molar-refractivity contribution in [1.82, 2.24) is 9.80 Å². The predicted octanol–water partition coefficient (Wildman–Crippen LogP) is 2.33. The van der Waals surface area contributed by atoms with Gasteiger partial charge in [0.2, 0.25) is 11.8 Å². The van der Waals surface area contributed by atoms with Gasteiger partial charge in [-0.2, -0.15) is 0 Å². The van der Waals surface area contributed by atoms with Gasteiger partial charge in [-0.15, -0.1) is 24.8 Å². The summed E-state index contributed by atoms with van der Waals surface area (Å²) in [5.74, 6) is 0.159. The van der Waals surface area contributed by atoms with Gasteiger partial charge in [0.05, 0.1) is 12.6 Å². The maximum Gasteiger partial charge on any atom is 0.241 e. The smallest absolute Gasteiger partial charge is 0.241 e. The van der Waals surface area contributed by atoms with Crippen molar-refractivity contribution in [2.24, 2.45) is 11.1 Å². The highest BCUT2D eigenvalue weighted by atomic mass is 35.5. The van der Waals surface area contributed by atoms with E-state index in [1.807, 2.05) is 48.8 Å². The molecule has 1 saturated heterocycles. The van der Waals surface area contributed by atoms with Crippen molar-refractivity contribution in [2.45, 2.75) is 39.7 Å². The van der Waals surface area contributed by atoms with Crippen LogP contribution in [-0.2, 0) is 16.0 Å². The number of nitrogens with two attached hydrogens (primary N) is 1. The quantitative estimate of drug-likeness (QED) is 0.776. The van der Waals surface area contributed by atoms with E-state index in [9.17, 15) is 9.59 Å². The molecule has 8 heteroatoms.